The Morgan fingerprint density at radius 2 is 1.85 bits per heavy atom. The predicted octanol–water partition coefficient (Wildman–Crippen LogP) is 3.27. The molecule has 1 aromatic carbocycles. The molecule has 1 aromatic rings. The Bertz CT molecular complexity index is 514. The van der Waals surface area contributed by atoms with Crippen LogP contribution in [0.4, 0.5) is 0 Å². The fourth-order valence-corrected chi connectivity index (χ4v) is 3.44. The number of nitrogens with zero attached hydrogens (tertiary/aromatic N) is 2. The molecule has 20 heavy (non-hydrogen) atoms. The lowest BCUT2D eigenvalue weighted by Crippen LogP contribution is -2.44. The van der Waals surface area contributed by atoms with E-state index in [2.05, 4.69) is 6.07 Å². The van der Waals surface area contributed by atoms with Crippen molar-refractivity contribution in [3.63, 3.8) is 0 Å². The van der Waals surface area contributed by atoms with Crippen LogP contribution in [-0.2, 0) is 0 Å². The molecule has 1 amide bonds. The number of piperidine rings is 1. The Labute approximate surface area is 128 Å². The van der Waals surface area contributed by atoms with Crippen LogP contribution in [0.3, 0.4) is 0 Å². The second-order valence-electron chi connectivity index (χ2n) is 4.83. The summed E-state index contributed by atoms with van der Waals surface area (Å²) in [4.78, 5) is 15.4. The number of thioether (sulfide) groups is 2. The van der Waals surface area contributed by atoms with Crippen molar-refractivity contribution in [3.05, 3.63) is 29.8 Å². The molecular formula is C15H18N2OS2. The number of benzene rings is 1. The number of carbonyl (C=O) groups excluding carboxylic acids is 1. The SMILES string of the molecule is CSc1ccc(C(=O)N2CCC(C#N)(SC)CC2)cc1. The number of hydrogen-bond donors (Lipinski definition) is 0. The Morgan fingerprint density at radius 3 is 2.30 bits per heavy atom. The highest BCUT2D eigenvalue weighted by Gasteiger charge is 2.35. The molecule has 1 aliphatic heterocycles. The first-order chi connectivity index (χ1) is 9.64. The number of amides is 1. The van der Waals surface area contributed by atoms with Gasteiger partial charge in [0.15, 0.2) is 0 Å². The summed E-state index contributed by atoms with van der Waals surface area (Å²) in [5, 5.41) is 9.26. The van der Waals surface area contributed by atoms with Gasteiger partial charge in [-0.1, -0.05) is 0 Å². The van der Waals surface area contributed by atoms with Crippen molar-refractivity contribution >= 4 is 29.4 Å². The van der Waals surface area contributed by atoms with Crippen LogP contribution < -0.4 is 0 Å². The molecule has 1 fully saturated rings. The molecule has 106 valence electrons. The van der Waals surface area contributed by atoms with Crippen LogP contribution in [-0.4, -0.2) is 41.2 Å². The molecule has 0 atom stereocenters. The monoisotopic (exact) mass is 306 g/mol. The molecule has 0 aliphatic carbocycles. The topological polar surface area (TPSA) is 44.1 Å². The molecule has 1 aliphatic rings. The maximum atomic E-state index is 12.4. The van der Waals surface area contributed by atoms with Gasteiger partial charge in [-0.15, -0.1) is 23.5 Å². The van der Waals surface area contributed by atoms with Gasteiger partial charge in [0.2, 0.25) is 0 Å². The zero-order valence-corrected chi connectivity index (χ0v) is 13.4. The molecular weight excluding hydrogens is 288 g/mol. The van der Waals surface area contributed by atoms with E-state index in [0.717, 1.165) is 23.3 Å². The zero-order chi connectivity index (χ0) is 14.6. The highest BCUT2D eigenvalue weighted by atomic mass is 32.2. The van der Waals surface area contributed by atoms with Gasteiger partial charge in [-0.05, 0) is 49.6 Å². The van der Waals surface area contributed by atoms with Crippen molar-refractivity contribution in [2.24, 2.45) is 0 Å². The summed E-state index contributed by atoms with van der Waals surface area (Å²) in [6.45, 7) is 1.33. The van der Waals surface area contributed by atoms with Crippen LogP contribution in [0.2, 0.25) is 0 Å². The van der Waals surface area contributed by atoms with E-state index in [1.807, 2.05) is 41.7 Å². The highest BCUT2D eigenvalue weighted by molar-refractivity contribution is 8.00. The molecule has 0 radical (unpaired) electrons. The van der Waals surface area contributed by atoms with E-state index < -0.39 is 0 Å². The third-order valence-corrected chi connectivity index (χ3v) is 5.81. The molecule has 0 saturated carbocycles. The first-order valence-corrected chi connectivity index (χ1v) is 8.99. The van der Waals surface area contributed by atoms with Crippen LogP contribution in [0.25, 0.3) is 0 Å². The molecule has 0 N–H and O–H groups in total. The number of nitriles is 1. The van der Waals surface area contributed by atoms with Crippen molar-refractivity contribution in [1.29, 1.82) is 5.26 Å². The minimum absolute atomic E-state index is 0.0743. The predicted molar refractivity (Wildman–Crippen MR) is 85.2 cm³/mol. The van der Waals surface area contributed by atoms with Crippen LogP contribution >= 0.6 is 23.5 Å². The molecule has 1 saturated heterocycles. The minimum Gasteiger partial charge on any atom is -0.338 e. The summed E-state index contributed by atoms with van der Waals surface area (Å²) in [7, 11) is 0. The summed E-state index contributed by atoms with van der Waals surface area (Å²) in [6.07, 6.45) is 5.49. The molecule has 3 nitrogen and oxygen atoms in total. The van der Waals surface area contributed by atoms with Gasteiger partial charge >= 0.3 is 0 Å². The lowest BCUT2D eigenvalue weighted by molar-refractivity contribution is 0.0716. The molecule has 0 unspecified atom stereocenters. The van der Waals surface area contributed by atoms with Crippen LogP contribution in [0.1, 0.15) is 23.2 Å². The first kappa shape index (κ1) is 15.3. The average molecular weight is 306 g/mol. The normalized spacial score (nSPS) is 17.6. The summed E-state index contributed by atoms with van der Waals surface area (Å²) in [5.74, 6) is 0.0743. The first-order valence-electron chi connectivity index (χ1n) is 6.54. The van der Waals surface area contributed by atoms with Crippen molar-refractivity contribution < 1.29 is 4.79 Å². The molecule has 0 aromatic heterocycles. The lowest BCUT2D eigenvalue weighted by atomic mass is 9.96. The van der Waals surface area contributed by atoms with Crippen molar-refractivity contribution in [3.8, 4) is 6.07 Å². The molecule has 2 rings (SSSR count). The fraction of sp³-hybridized carbons (Fsp3) is 0.467. The summed E-state index contributed by atoms with van der Waals surface area (Å²) in [6, 6.07) is 10.1. The van der Waals surface area contributed by atoms with Crippen molar-refractivity contribution in [2.75, 3.05) is 25.6 Å². The highest BCUT2D eigenvalue weighted by Crippen LogP contribution is 2.34. The van der Waals surface area contributed by atoms with Crippen molar-refractivity contribution in [1.82, 2.24) is 4.90 Å². The van der Waals surface area contributed by atoms with Gasteiger partial charge in [0.25, 0.3) is 5.91 Å². The Kier molecular flexibility index (Phi) is 5.00. The lowest BCUT2D eigenvalue weighted by Gasteiger charge is -2.36. The summed E-state index contributed by atoms with van der Waals surface area (Å²) in [5.41, 5.74) is 0.733. The second kappa shape index (κ2) is 6.55. The van der Waals surface area contributed by atoms with Gasteiger partial charge in [-0.3, -0.25) is 4.79 Å². The molecule has 0 bridgehead atoms. The maximum absolute atomic E-state index is 12.4. The number of carbonyl (C=O) groups is 1. The number of hydrogen-bond acceptors (Lipinski definition) is 4. The van der Waals surface area contributed by atoms with E-state index in [4.69, 9.17) is 0 Å². The summed E-state index contributed by atoms with van der Waals surface area (Å²) < 4.78 is -0.306. The Morgan fingerprint density at radius 1 is 1.25 bits per heavy atom. The van der Waals surface area contributed by atoms with E-state index in [0.29, 0.717) is 13.1 Å². The van der Waals surface area contributed by atoms with Gasteiger partial charge < -0.3 is 4.90 Å². The second-order valence-corrected chi connectivity index (χ2v) is 6.90. The maximum Gasteiger partial charge on any atom is 0.253 e. The third kappa shape index (κ3) is 3.13. The summed E-state index contributed by atoms with van der Waals surface area (Å²) >= 11 is 3.27. The van der Waals surface area contributed by atoms with Crippen LogP contribution in [0.15, 0.2) is 29.2 Å². The van der Waals surface area contributed by atoms with Gasteiger partial charge in [0.1, 0.15) is 4.75 Å². The van der Waals surface area contributed by atoms with E-state index in [1.54, 1.807) is 23.5 Å². The van der Waals surface area contributed by atoms with Crippen LogP contribution in [0, 0.1) is 11.3 Å². The molecule has 0 spiro atoms. The third-order valence-electron chi connectivity index (χ3n) is 3.79. The minimum atomic E-state index is -0.306. The zero-order valence-electron chi connectivity index (χ0n) is 11.8. The Hall–Kier alpha value is -1.12. The molecule has 5 heteroatoms. The van der Waals surface area contributed by atoms with Crippen LogP contribution in [0.5, 0.6) is 0 Å². The standard InChI is InChI=1S/C15H18N2OS2/c1-19-13-5-3-12(4-6-13)14(18)17-9-7-15(11-16,20-2)8-10-17/h3-6H,7-10H2,1-2H3. The quantitative estimate of drug-likeness (QED) is 0.804. The van der Waals surface area contributed by atoms with E-state index in [-0.39, 0.29) is 10.7 Å². The number of likely N-dealkylation sites (tertiary alicyclic amines) is 1. The van der Waals surface area contributed by atoms with Gasteiger partial charge in [0, 0.05) is 23.5 Å². The number of rotatable bonds is 3. The van der Waals surface area contributed by atoms with E-state index >= 15 is 0 Å². The van der Waals surface area contributed by atoms with E-state index in [1.165, 1.54) is 0 Å². The Balaban J connectivity index is 2.03. The van der Waals surface area contributed by atoms with Gasteiger partial charge in [-0.25, -0.2) is 0 Å². The smallest absolute Gasteiger partial charge is 0.253 e. The van der Waals surface area contributed by atoms with Crippen molar-refractivity contribution in [2.45, 2.75) is 22.5 Å². The average Bonchev–Trinajstić information content (AvgIpc) is 2.54. The van der Waals surface area contributed by atoms with Gasteiger partial charge in [-0.2, -0.15) is 5.26 Å². The fourth-order valence-electron chi connectivity index (χ4n) is 2.35. The molecule has 1 heterocycles. The van der Waals surface area contributed by atoms with Gasteiger partial charge in [0.05, 0.1) is 6.07 Å². The largest absolute Gasteiger partial charge is 0.338 e. The van der Waals surface area contributed by atoms with E-state index in [9.17, 15) is 10.1 Å².